The van der Waals surface area contributed by atoms with E-state index in [0.29, 0.717) is 0 Å². The molecule has 5 heteroatoms. The van der Waals surface area contributed by atoms with Crippen LogP contribution in [0.2, 0.25) is 0 Å². The molecule has 0 aromatic rings. The Morgan fingerprint density at radius 1 is 1.33 bits per heavy atom. The second-order valence-electron chi connectivity index (χ2n) is 3.32. The molecule has 0 unspecified atom stereocenters. The van der Waals surface area contributed by atoms with E-state index in [1.54, 1.807) is 13.8 Å². The summed E-state index contributed by atoms with van der Waals surface area (Å²) in [5.74, 6) is -1.39. The molecule has 1 rings (SSSR count). The van der Waals surface area contributed by atoms with Gasteiger partial charge >= 0.3 is 5.97 Å². The highest BCUT2D eigenvalue weighted by Crippen LogP contribution is 2.35. The molecule has 0 radical (unpaired) electrons. The maximum absolute atomic E-state index is 11.2. The lowest BCUT2D eigenvalue weighted by Gasteiger charge is -2.33. The minimum absolute atomic E-state index is 0.0474. The second kappa shape index (κ2) is 2.60. The number of hydrogen-bond acceptors (Lipinski definition) is 3. The van der Waals surface area contributed by atoms with Crippen LogP contribution in [0, 0.1) is 0 Å². The van der Waals surface area contributed by atoms with Gasteiger partial charge in [-0.15, -0.1) is 0 Å². The predicted molar refractivity (Wildman–Crippen MR) is 44.2 cm³/mol. The zero-order valence-electron chi connectivity index (χ0n) is 6.69. The lowest BCUT2D eigenvalue weighted by atomic mass is 9.96. The van der Waals surface area contributed by atoms with Crippen LogP contribution >= 0.6 is 23.2 Å². The molecule has 0 spiro atoms. The molecular formula is C7H8Cl2O3. The van der Waals surface area contributed by atoms with Crippen molar-refractivity contribution in [3.63, 3.8) is 0 Å². The van der Waals surface area contributed by atoms with Gasteiger partial charge in [0.1, 0.15) is 5.60 Å². The summed E-state index contributed by atoms with van der Waals surface area (Å²) in [5, 5.41) is 0. The number of halogens is 2. The SMILES string of the molecule is CC1(C)CC(=O)C(Cl)(Cl)C(=O)O1. The first-order chi connectivity index (χ1) is 5.26. The predicted octanol–water partition coefficient (Wildman–Crippen LogP) is 1.45. The molecule has 68 valence electrons. The average Bonchev–Trinajstić information content (AvgIpc) is 1.82. The molecule has 1 fully saturated rings. The lowest BCUT2D eigenvalue weighted by molar-refractivity contribution is -0.167. The largest absolute Gasteiger partial charge is 0.457 e. The first-order valence-corrected chi connectivity index (χ1v) is 4.16. The molecule has 1 heterocycles. The molecule has 0 aliphatic carbocycles. The molecule has 0 amide bonds. The van der Waals surface area contributed by atoms with E-state index >= 15 is 0 Å². The van der Waals surface area contributed by atoms with Crippen LogP contribution in [0.15, 0.2) is 0 Å². The minimum Gasteiger partial charge on any atom is -0.457 e. The molecule has 0 aromatic carbocycles. The Morgan fingerprint density at radius 3 is 2.25 bits per heavy atom. The molecule has 0 saturated carbocycles. The van der Waals surface area contributed by atoms with Gasteiger partial charge in [-0.1, -0.05) is 23.2 Å². The van der Waals surface area contributed by atoms with Crippen LogP contribution in [0.4, 0.5) is 0 Å². The van der Waals surface area contributed by atoms with Crippen molar-refractivity contribution in [3.8, 4) is 0 Å². The molecule has 0 N–H and O–H groups in total. The molecule has 0 aromatic heterocycles. The molecule has 3 nitrogen and oxygen atoms in total. The summed E-state index contributed by atoms with van der Waals surface area (Å²) in [6.07, 6.45) is 0.0474. The summed E-state index contributed by atoms with van der Waals surface area (Å²) >= 11 is 10.9. The maximum Gasteiger partial charge on any atom is 0.351 e. The van der Waals surface area contributed by atoms with Crippen molar-refractivity contribution in [2.45, 2.75) is 30.2 Å². The van der Waals surface area contributed by atoms with E-state index < -0.39 is 21.7 Å². The summed E-state index contributed by atoms with van der Waals surface area (Å²) < 4.78 is 2.83. The van der Waals surface area contributed by atoms with Crippen LogP contribution in [-0.2, 0) is 14.3 Å². The number of Topliss-reactive ketones (excluding diaryl/α,β-unsaturated/α-hetero) is 1. The monoisotopic (exact) mass is 210 g/mol. The van der Waals surface area contributed by atoms with Gasteiger partial charge in [0.15, 0.2) is 5.78 Å². The van der Waals surface area contributed by atoms with Crippen molar-refractivity contribution >= 4 is 35.0 Å². The van der Waals surface area contributed by atoms with Gasteiger partial charge < -0.3 is 4.74 Å². The number of carbonyl (C=O) groups is 2. The van der Waals surface area contributed by atoms with E-state index in [2.05, 4.69) is 0 Å². The van der Waals surface area contributed by atoms with E-state index in [1.165, 1.54) is 0 Å². The topological polar surface area (TPSA) is 43.4 Å². The molecule has 12 heavy (non-hydrogen) atoms. The standard InChI is InChI=1S/C7H8Cl2O3/c1-6(2)3-4(10)7(8,9)5(11)12-6/h3H2,1-2H3. The molecule has 1 aliphatic rings. The maximum atomic E-state index is 11.2. The van der Waals surface area contributed by atoms with E-state index in [0.717, 1.165) is 0 Å². The van der Waals surface area contributed by atoms with Crippen LogP contribution in [0.1, 0.15) is 20.3 Å². The number of cyclic esters (lactones) is 1. The number of ether oxygens (including phenoxy) is 1. The van der Waals surface area contributed by atoms with Crippen LogP contribution in [0.5, 0.6) is 0 Å². The Kier molecular flexibility index (Phi) is 2.13. The van der Waals surface area contributed by atoms with Crippen LogP contribution < -0.4 is 0 Å². The third-order valence-electron chi connectivity index (χ3n) is 1.56. The van der Waals surface area contributed by atoms with Crippen molar-refractivity contribution in [1.82, 2.24) is 0 Å². The summed E-state index contributed by atoms with van der Waals surface area (Å²) in [4.78, 5) is 22.2. The summed E-state index contributed by atoms with van der Waals surface area (Å²) in [5.41, 5.74) is -0.790. The van der Waals surface area contributed by atoms with Crippen molar-refractivity contribution in [2.75, 3.05) is 0 Å². The fraction of sp³-hybridized carbons (Fsp3) is 0.714. The third kappa shape index (κ3) is 1.57. The Morgan fingerprint density at radius 2 is 1.83 bits per heavy atom. The summed E-state index contributed by atoms with van der Waals surface area (Å²) in [7, 11) is 0. The number of hydrogen-bond donors (Lipinski definition) is 0. The summed E-state index contributed by atoms with van der Waals surface area (Å²) in [6, 6.07) is 0. The highest BCUT2D eigenvalue weighted by Gasteiger charge is 2.51. The number of alkyl halides is 2. The second-order valence-corrected chi connectivity index (χ2v) is 4.65. The van der Waals surface area contributed by atoms with Gasteiger partial charge in [-0.05, 0) is 13.8 Å². The van der Waals surface area contributed by atoms with Crippen LogP contribution in [0.3, 0.4) is 0 Å². The van der Waals surface area contributed by atoms with E-state index in [4.69, 9.17) is 27.9 Å². The number of esters is 1. The first kappa shape index (κ1) is 9.81. The number of carbonyl (C=O) groups excluding carboxylic acids is 2. The van der Waals surface area contributed by atoms with E-state index in [-0.39, 0.29) is 6.42 Å². The van der Waals surface area contributed by atoms with Gasteiger partial charge in [0.25, 0.3) is 4.33 Å². The average molecular weight is 211 g/mol. The van der Waals surface area contributed by atoms with Gasteiger partial charge in [-0.25, -0.2) is 4.79 Å². The normalized spacial score (nSPS) is 26.7. The Balaban J connectivity index is 2.93. The van der Waals surface area contributed by atoms with Crippen molar-refractivity contribution < 1.29 is 14.3 Å². The smallest absolute Gasteiger partial charge is 0.351 e. The fourth-order valence-corrected chi connectivity index (χ4v) is 1.17. The van der Waals surface area contributed by atoms with Crippen LogP contribution in [-0.4, -0.2) is 21.7 Å². The van der Waals surface area contributed by atoms with Crippen molar-refractivity contribution in [3.05, 3.63) is 0 Å². The Labute approximate surface area is 80.0 Å². The lowest BCUT2D eigenvalue weighted by Crippen LogP contribution is -2.50. The molecule has 0 bridgehead atoms. The zero-order chi connectivity index (χ0) is 9.57. The van der Waals surface area contributed by atoms with E-state index in [1.807, 2.05) is 0 Å². The fourth-order valence-electron chi connectivity index (χ4n) is 0.963. The summed E-state index contributed by atoms with van der Waals surface area (Å²) in [6.45, 7) is 3.26. The molecule has 1 saturated heterocycles. The molecular weight excluding hydrogens is 203 g/mol. The number of ketones is 1. The van der Waals surface area contributed by atoms with Crippen LogP contribution in [0.25, 0.3) is 0 Å². The third-order valence-corrected chi connectivity index (χ3v) is 2.29. The van der Waals surface area contributed by atoms with Gasteiger partial charge in [0.05, 0.1) is 0 Å². The quantitative estimate of drug-likeness (QED) is 0.346. The van der Waals surface area contributed by atoms with E-state index in [9.17, 15) is 9.59 Å². The van der Waals surface area contributed by atoms with Crippen molar-refractivity contribution in [1.29, 1.82) is 0 Å². The Bertz CT molecular complexity index is 223. The van der Waals surface area contributed by atoms with Gasteiger partial charge in [-0.2, -0.15) is 0 Å². The highest BCUT2D eigenvalue weighted by molar-refractivity contribution is 6.67. The van der Waals surface area contributed by atoms with Gasteiger partial charge in [0.2, 0.25) is 0 Å². The Hall–Kier alpha value is -0.280. The minimum atomic E-state index is -2.00. The number of rotatable bonds is 0. The first-order valence-electron chi connectivity index (χ1n) is 3.40. The highest BCUT2D eigenvalue weighted by atomic mass is 35.5. The van der Waals surface area contributed by atoms with Gasteiger partial charge in [0, 0.05) is 6.42 Å². The zero-order valence-corrected chi connectivity index (χ0v) is 8.20. The van der Waals surface area contributed by atoms with Gasteiger partial charge in [-0.3, -0.25) is 4.79 Å². The molecule has 1 aliphatic heterocycles. The van der Waals surface area contributed by atoms with Crippen molar-refractivity contribution in [2.24, 2.45) is 0 Å². The molecule has 0 atom stereocenters.